The van der Waals surface area contributed by atoms with Gasteiger partial charge in [0.2, 0.25) is 0 Å². The number of rotatable bonds is 1. The maximum Gasteiger partial charge on any atom is 0.411 e. The van der Waals surface area contributed by atoms with Crippen molar-refractivity contribution in [3.63, 3.8) is 0 Å². The Morgan fingerprint density at radius 3 is 2.71 bits per heavy atom. The molecule has 1 amide bonds. The molecule has 0 radical (unpaired) electrons. The summed E-state index contributed by atoms with van der Waals surface area (Å²) in [5, 5.41) is 2.12. The molecule has 3 nitrogen and oxygen atoms in total. The van der Waals surface area contributed by atoms with Crippen LogP contribution in [0.15, 0.2) is 0 Å². The number of methoxy groups -OCH3 is 1. The summed E-state index contributed by atoms with van der Waals surface area (Å²) in [5.74, 6) is 0. The summed E-state index contributed by atoms with van der Waals surface area (Å²) in [6, 6.07) is 0. The van der Waals surface area contributed by atoms with E-state index in [1.165, 1.54) is 7.11 Å². The molecule has 0 aromatic rings. The van der Waals surface area contributed by atoms with Crippen molar-refractivity contribution >= 4 is 23.8 Å². The van der Waals surface area contributed by atoms with Crippen LogP contribution in [0.4, 0.5) is 4.79 Å². The molecule has 0 aromatic carbocycles. The highest BCUT2D eigenvalue weighted by Gasteiger charge is 1.88. The van der Waals surface area contributed by atoms with Crippen molar-refractivity contribution in [3.8, 4) is 0 Å². The Morgan fingerprint density at radius 2 is 2.57 bits per heavy atom. The summed E-state index contributed by atoms with van der Waals surface area (Å²) in [4.78, 5) is 9.98. The van der Waals surface area contributed by atoms with E-state index in [1.54, 1.807) is 0 Å². The van der Waals surface area contributed by atoms with Crippen molar-refractivity contribution in [3.05, 3.63) is 0 Å². The molecular formula is C3H5NO2S. The van der Waals surface area contributed by atoms with Crippen molar-refractivity contribution in [1.82, 2.24) is 5.32 Å². The molecule has 0 saturated heterocycles. The first kappa shape index (κ1) is 6.36. The Labute approximate surface area is 46.7 Å². The smallest absolute Gasteiger partial charge is 0.411 e. The van der Waals surface area contributed by atoms with Gasteiger partial charge in [0.05, 0.1) is 12.6 Å². The molecule has 0 aromatic heterocycles. The molecule has 0 aliphatic carbocycles. The first-order chi connectivity index (χ1) is 3.31. The molecule has 0 heterocycles. The number of carbonyl (C=O) groups excluding carboxylic acids is 1. The van der Waals surface area contributed by atoms with Crippen LogP contribution in [0, 0.1) is 0 Å². The van der Waals surface area contributed by atoms with Crippen LogP contribution in [0.2, 0.25) is 0 Å². The number of alkyl carbamates (subject to hydrolysis) is 1. The quantitative estimate of drug-likeness (QED) is 0.504. The summed E-state index contributed by atoms with van der Waals surface area (Å²) in [6.45, 7) is 0. The normalized spacial score (nSPS) is 7.00. The van der Waals surface area contributed by atoms with Gasteiger partial charge in [-0.05, 0) is 0 Å². The summed E-state index contributed by atoms with van der Waals surface area (Å²) in [7, 11) is 1.27. The Hall–Kier alpha value is -0.640. The summed E-state index contributed by atoms with van der Waals surface area (Å²) < 4.78 is 4.14. The van der Waals surface area contributed by atoms with Crippen LogP contribution < -0.4 is 5.32 Å². The van der Waals surface area contributed by atoms with Crippen LogP contribution >= 0.6 is 12.2 Å². The van der Waals surface area contributed by atoms with Crippen molar-refractivity contribution in [2.75, 3.05) is 7.11 Å². The molecule has 4 heteroatoms. The topological polar surface area (TPSA) is 38.3 Å². The third-order valence-corrected chi connectivity index (χ3v) is 0.480. The number of thiocarbonyl (C=S) groups is 1. The van der Waals surface area contributed by atoms with Crippen LogP contribution in [-0.2, 0) is 4.74 Å². The minimum atomic E-state index is -0.532. The molecule has 0 fully saturated rings. The number of carbonyl (C=O) groups is 1. The lowest BCUT2D eigenvalue weighted by Crippen LogP contribution is -2.19. The van der Waals surface area contributed by atoms with Gasteiger partial charge in [-0.2, -0.15) is 0 Å². The molecule has 0 atom stereocenters. The standard InChI is InChI=1S/C3H5NO2S/c1-6-3(5)4-2-7/h2H,1H3,(H,4,5,7). The summed E-state index contributed by atoms with van der Waals surface area (Å²) >= 11 is 4.26. The predicted octanol–water partition coefficient (Wildman–Crippen LogP) is 0.300. The van der Waals surface area contributed by atoms with Gasteiger partial charge in [-0.15, -0.1) is 0 Å². The van der Waals surface area contributed by atoms with Gasteiger partial charge in [0.1, 0.15) is 0 Å². The van der Waals surface area contributed by atoms with Gasteiger partial charge in [-0.3, -0.25) is 5.32 Å². The van der Waals surface area contributed by atoms with Crippen molar-refractivity contribution < 1.29 is 9.53 Å². The summed E-state index contributed by atoms with van der Waals surface area (Å²) in [5.41, 5.74) is 1.09. The molecule has 0 spiro atoms. The van der Waals surface area contributed by atoms with Crippen molar-refractivity contribution in [2.24, 2.45) is 0 Å². The van der Waals surface area contributed by atoms with E-state index in [9.17, 15) is 4.79 Å². The lowest BCUT2D eigenvalue weighted by molar-refractivity contribution is 0.177. The molecule has 0 aliphatic rings. The van der Waals surface area contributed by atoms with Gasteiger partial charge in [0.15, 0.2) is 0 Å². The van der Waals surface area contributed by atoms with Crippen LogP contribution in [0.5, 0.6) is 0 Å². The molecule has 0 saturated carbocycles. The third kappa shape index (κ3) is 3.18. The summed E-state index contributed by atoms with van der Waals surface area (Å²) in [6.07, 6.45) is -0.532. The number of ether oxygens (including phenoxy) is 1. The van der Waals surface area contributed by atoms with E-state index in [0.29, 0.717) is 0 Å². The van der Waals surface area contributed by atoms with E-state index < -0.39 is 6.09 Å². The van der Waals surface area contributed by atoms with Gasteiger partial charge in [-0.25, -0.2) is 4.79 Å². The molecule has 7 heavy (non-hydrogen) atoms. The average Bonchev–Trinajstić information content (AvgIpc) is 1.68. The monoisotopic (exact) mass is 119 g/mol. The SMILES string of the molecule is COC(=O)NC=S. The van der Waals surface area contributed by atoms with Crippen molar-refractivity contribution in [2.45, 2.75) is 0 Å². The van der Waals surface area contributed by atoms with Gasteiger partial charge in [0.25, 0.3) is 0 Å². The number of nitrogens with one attached hydrogen (secondary N) is 1. The van der Waals surface area contributed by atoms with Crippen LogP contribution in [0.25, 0.3) is 0 Å². The van der Waals surface area contributed by atoms with Crippen LogP contribution in [0.3, 0.4) is 0 Å². The zero-order valence-electron chi connectivity index (χ0n) is 3.80. The molecular weight excluding hydrogens is 114 g/mol. The molecule has 0 aliphatic heterocycles. The zero-order valence-corrected chi connectivity index (χ0v) is 4.62. The largest absolute Gasteiger partial charge is 0.453 e. The lowest BCUT2D eigenvalue weighted by atomic mass is 11.1. The second kappa shape index (κ2) is 3.55. The molecule has 0 unspecified atom stereocenters. The Kier molecular flexibility index (Phi) is 3.22. The minimum Gasteiger partial charge on any atom is -0.453 e. The van der Waals surface area contributed by atoms with Crippen LogP contribution in [-0.4, -0.2) is 18.7 Å². The maximum absolute atomic E-state index is 9.98. The number of hydrogen-bond donors (Lipinski definition) is 1. The lowest BCUT2D eigenvalue weighted by Gasteiger charge is -1.91. The zero-order chi connectivity index (χ0) is 5.70. The minimum absolute atomic E-state index is 0.532. The van der Waals surface area contributed by atoms with E-state index in [2.05, 4.69) is 22.3 Å². The number of hydrogen-bond acceptors (Lipinski definition) is 3. The first-order valence-electron chi connectivity index (χ1n) is 1.59. The maximum atomic E-state index is 9.98. The van der Waals surface area contributed by atoms with Gasteiger partial charge in [0, 0.05) is 0 Å². The fraction of sp³-hybridized carbons (Fsp3) is 0.333. The predicted molar refractivity (Wildman–Crippen MR) is 29.2 cm³/mol. The molecule has 1 N–H and O–H groups in total. The molecule has 0 rings (SSSR count). The third-order valence-electron chi connectivity index (χ3n) is 0.362. The van der Waals surface area contributed by atoms with E-state index in [-0.39, 0.29) is 0 Å². The Morgan fingerprint density at radius 1 is 2.00 bits per heavy atom. The van der Waals surface area contributed by atoms with E-state index in [0.717, 1.165) is 5.49 Å². The van der Waals surface area contributed by atoms with E-state index >= 15 is 0 Å². The fourth-order valence-electron chi connectivity index (χ4n) is 0.107. The van der Waals surface area contributed by atoms with E-state index in [1.807, 2.05) is 0 Å². The average molecular weight is 119 g/mol. The van der Waals surface area contributed by atoms with Gasteiger partial charge in [-0.1, -0.05) is 12.2 Å². The second-order valence-electron chi connectivity index (χ2n) is 0.754. The number of amides is 1. The highest BCUT2D eigenvalue weighted by Crippen LogP contribution is 1.64. The van der Waals surface area contributed by atoms with Gasteiger partial charge < -0.3 is 4.74 Å². The van der Waals surface area contributed by atoms with E-state index in [4.69, 9.17) is 0 Å². The Bertz CT molecular complexity index is 83.0. The first-order valence-corrected chi connectivity index (χ1v) is 2.06. The van der Waals surface area contributed by atoms with Gasteiger partial charge >= 0.3 is 6.09 Å². The fourth-order valence-corrected chi connectivity index (χ4v) is 0.203. The highest BCUT2D eigenvalue weighted by atomic mass is 32.1. The second-order valence-corrected chi connectivity index (χ2v) is 0.989. The molecule has 40 valence electrons. The van der Waals surface area contributed by atoms with Crippen LogP contribution in [0.1, 0.15) is 0 Å². The highest BCUT2D eigenvalue weighted by molar-refractivity contribution is 7.78. The van der Waals surface area contributed by atoms with Crippen molar-refractivity contribution in [1.29, 1.82) is 0 Å². The molecule has 0 bridgehead atoms. The Balaban J connectivity index is 3.17.